The maximum Gasteiger partial charge on any atom is 0.338 e. The summed E-state index contributed by atoms with van der Waals surface area (Å²) in [5.41, 5.74) is 0.877. The molecule has 2 rings (SSSR count). The topological polar surface area (TPSA) is 71.1 Å². The summed E-state index contributed by atoms with van der Waals surface area (Å²) in [6.07, 6.45) is 1.20. The molecule has 0 radical (unpaired) electrons. The van der Waals surface area contributed by atoms with Gasteiger partial charge < -0.3 is 18.9 Å². The van der Waals surface area contributed by atoms with Crippen LogP contribution in [0.15, 0.2) is 48.5 Å². The zero-order chi connectivity index (χ0) is 18.8. The summed E-state index contributed by atoms with van der Waals surface area (Å²) in [4.78, 5) is 23.8. The molecule has 0 spiro atoms. The van der Waals surface area contributed by atoms with Crippen LogP contribution in [0.1, 0.15) is 33.6 Å². The van der Waals surface area contributed by atoms with Crippen LogP contribution in [0.25, 0.3) is 0 Å². The van der Waals surface area contributed by atoms with Gasteiger partial charge in [-0.25, -0.2) is 9.59 Å². The van der Waals surface area contributed by atoms with Crippen LogP contribution in [-0.4, -0.2) is 39.4 Å². The zero-order valence-corrected chi connectivity index (χ0v) is 14.9. The van der Waals surface area contributed by atoms with E-state index < -0.39 is 11.9 Å². The molecule has 2 aromatic carbocycles. The van der Waals surface area contributed by atoms with E-state index in [9.17, 15) is 9.59 Å². The minimum atomic E-state index is -0.405. The van der Waals surface area contributed by atoms with Crippen LogP contribution in [0.4, 0.5) is 0 Å². The monoisotopic (exact) mass is 358 g/mol. The SMILES string of the molecule is COc1cccc(C(=O)OCCCCOC(=O)c2cccc(OC)c2)c1. The second-order valence-corrected chi connectivity index (χ2v) is 5.44. The molecule has 0 aliphatic heterocycles. The number of carbonyl (C=O) groups excluding carboxylic acids is 2. The summed E-state index contributed by atoms with van der Waals surface area (Å²) in [5.74, 6) is 0.391. The predicted molar refractivity (Wildman–Crippen MR) is 95.8 cm³/mol. The summed E-state index contributed by atoms with van der Waals surface area (Å²) in [6.45, 7) is 0.513. The normalized spacial score (nSPS) is 10.1. The van der Waals surface area contributed by atoms with E-state index in [2.05, 4.69) is 0 Å². The fraction of sp³-hybridized carbons (Fsp3) is 0.300. The van der Waals surface area contributed by atoms with Crippen LogP contribution in [-0.2, 0) is 9.47 Å². The van der Waals surface area contributed by atoms with Gasteiger partial charge in [0.2, 0.25) is 0 Å². The lowest BCUT2D eigenvalue weighted by molar-refractivity contribution is 0.0432. The number of carbonyl (C=O) groups is 2. The number of esters is 2. The van der Waals surface area contributed by atoms with Gasteiger partial charge in [0.15, 0.2) is 0 Å². The van der Waals surface area contributed by atoms with Crippen molar-refractivity contribution in [2.75, 3.05) is 27.4 Å². The van der Waals surface area contributed by atoms with E-state index in [0.717, 1.165) is 0 Å². The third-order valence-corrected chi connectivity index (χ3v) is 3.62. The van der Waals surface area contributed by atoms with Crippen molar-refractivity contribution < 1.29 is 28.5 Å². The Labute approximate surface area is 152 Å². The van der Waals surface area contributed by atoms with Crippen LogP contribution < -0.4 is 9.47 Å². The van der Waals surface area contributed by atoms with E-state index >= 15 is 0 Å². The van der Waals surface area contributed by atoms with Crippen LogP contribution in [0.3, 0.4) is 0 Å². The Kier molecular flexibility index (Phi) is 7.49. The van der Waals surface area contributed by atoms with Crippen LogP contribution >= 0.6 is 0 Å². The van der Waals surface area contributed by atoms with E-state index in [1.165, 1.54) is 14.2 Å². The van der Waals surface area contributed by atoms with Gasteiger partial charge in [-0.15, -0.1) is 0 Å². The standard InChI is InChI=1S/C20H22O6/c1-23-17-9-5-7-15(13-17)19(21)25-11-3-4-12-26-20(22)16-8-6-10-18(14-16)24-2/h5-10,13-14H,3-4,11-12H2,1-2H3. The van der Waals surface area contributed by atoms with Gasteiger partial charge in [0.25, 0.3) is 0 Å². The lowest BCUT2D eigenvalue weighted by Crippen LogP contribution is -2.09. The van der Waals surface area contributed by atoms with Crippen molar-refractivity contribution in [1.29, 1.82) is 0 Å². The van der Waals surface area contributed by atoms with E-state index in [0.29, 0.717) is 35.5 Å². The maximum atomic E-state index is 11.9. The van der Waals surface area contributed by atoms with Gasteiger partial charge >= 0.3 is 11.9 Å². The fourth-order valence-electron chi connectivity index (χ4n) is 2.20. The number of methoxy groups -OCH3 is 2. The molecule has 6 nitrogen and oxygen atoms in total. The zero-order valence-electron chi connectivity index (χ0n) is 14.9. The van der Waals surface area contributed by atoms with Gasteiger partial charge in [0, 0.05) is 0 Å². The second-order valence-electron chi connectivity index (χ2n) is 5.44. The smallest absolute Gasteiger partial charge is 0.338 e. The predicted octanol–water partition coefficient (Wildman–Crippen LogP) is 3.50. The van der Waals surface area contributed by atoms with Crippen molar-refractivity contribution in [2.24, 2.45) is 0 Å². The fourth-order valence-corrected chi connectivity index (χ4v) is 2.20. The summed E-state index contributed by atoms with van der Waals surface area (Å²) in [6, 6.07) is 13.6. The van der Waals surface area contributed by atoms with Gasteiger partial charge in [0.05, 0.1) is 38.6 Å². The molecule has 0 atom stereocenters. The highest BCUT2D eigenvalue weighted by Gasteiger charge is 2.09. The van der Waals surface area contributed by atoms with Gasteiger partial charge in [-0.1, -0.05) is 12.1 Å². The minimum Gasteiger partial charge on any atom is -0.497 e. The minimum absolute atomic E-state index is 0.257. The lowest BCUT2D eigenvalue weighted by atomic mass is 10.2. The van der Waals surface area contributed by atoms with Crippen molar-refractivity contribution in [3.05, 3.63) is 59.7 Å². The van der Waals surface area contributed by atoms with Gasteiger partial charge in [-0.3, -0.25) is 0 Å². The van der Waals surface area contributed by atoms with Gasteiger partial charge in [-0.2, -0.15) is 0 Å². The molecular formula is C20H22O6. The van der Waals surface area contributed by atoms with Crippen LogP contribution in [0.5, 0.6) is 11.5 Å². The number of unbranched alkanes of at least 4 members (excludes halogenated alkanes) is 1. The molecule has 0 heterocycles. The largest absolute Gasteiger partial charge is 0.497 e. The molecule has 138 valence electrons. The Morgan fingerprint density at radius 2 is 1.15 bits per heavy atom. The molecule has 0 fully saturated rings. The number of rotatable bonds is 9. The Morgan fingerprint density at radius 3 is 1.54 bits per heavy atom. The van der Waals surface area contributed by atoms with E-state index in [4.69, 9.17) is 18.9 Å². The van der Waals surface area contributed by atoms with Gasteiger partial charge in [-0.05, 0) is 49.2 Å². The van der Waals surface area contributed by atoms with Crippen molar-refractivity contribution in [3.63, 3.8) is 0 Å². The van der Waals surface area contributed by atoms with Gasteiger partial charge in [0.1, 0.15) is 11.5 Å². The summed E-state index contributed by atoms with van der Waals surface area (Å²) >= 11 is 0. The van der Waals surface area contributed by atoms with Crippen LogP contribution in [0.2, 0.25) is 0 Å². The maximum absolute atomic E-state index is 11.9. The average molecular weight is 358 g/mol. The molecule has 0 aliphatic carbocycles. The molecule has 0 saturated carbocycles. The molecule has 0 bridgehead atoms. The summed E-state index contributed by atoms with van der Waals surface area (Å²) in [7, 11) is 3.08. The third-order valence-electron chi connectivity index (χ3n) is 3.62. The molecule has 0 saturated heterocycles. The molecule has 26 heavy (non-hydrogen) atoms. The number of hydrogen-bond donors (Lipinski definition) is 0. The molecular weight excluding hydrogens is 336 g/mol. The quantitative estimate of drug-likeness (QED) is 0.505. The van der Waals surface area contributed by atoms with Crippen molar-refractivity contribution >= 4 is 11.9 Å². The average Bonchev–Trinajstić information content (AvgIpc) is 2.70. The Hall–Kier alpha value is -3.02. The molecule has 6 heteroatoms. The van der Waals surface area contributed by atoms with E-state index in [1.54, 1.807) is 48.5 Å². The second kappa shape index (κ2) is 10.1. The molecule has 0 aliphatic rings. The Bertz CT molecular complexity index is 677. The van der Waals surface area contributed by atoms with Crippen molar-refractivity contribution in [1.82, 2.24) is 0 Å². The highest BCUT2D eigenvalue weighted by Crippen LogP contribution is 2.14. The molecule has 0 aromatic heterocycles. The third kappa shape index (κ3) is 5.81. The lowest BCUT2D eigenvalue weighted by Gasteiger charge is -2.07. The summed E-state index contributed by atoms with van der Waals surface area (Å²) < 4.78 is 20.5. The van der Waals surface area contributed by atoms with E-state index in [1.807, 2.05) is 0 Å². The first kappa shape index (κ1) is 19.3. The summed E-state index contributed by atoms with van der Waals surface area (Å²) in [5, 5.41) is 0. The van der Waals surface area contributed by atoms with E-state index in [-0.39, 0.29) is 13.2 Å². The first-order chi connectivity index (χ1) is 12.6. The number of benzene rings is 2. The molecule has 2 aromatic rings. The highest BCUT2D eigenvalue weighted by molar-refractivity contribution is 5.90. The Balaban J connectivity index is 1.65. The molecule has 0 amide bonds. The first-order valence-electron chi connectivity index (χ1n) is 8.26. The molecule has 0 N–H and O–H groups in total. The first-order valence-corrected chi connectivity index (χ1v) is 8.26. The highest BCUT2D eigenvalue weighted by atomic mass is 16.5. The van der Waals surface area contributed by atoms with Crippen molar-refractivity contribution in [3.8, 4) is 11.5 Å². The molecule has 0 unspecified atom stereocenters. The number of hydrogen-bond acceptors (Lipinski definition) is 6. The van der Waals surface area contributed by atoms with Crippen molar-refractivity contribution in [2.45, 2.75) is 12.8 Å². The number of ether oxygens (including phenoxy) is 4. The van der Waals surface area contributed by atoms with Crippen LogP contribution in [0, 0.1) is 0 Å². The Morgan fingerprint density at radius 1 is 0.731 bits per heavy atom.